The summed E-state index contributed by atoms with van der Waals surface area (Å²) in [5.41, 5.74) is -0.573. The minimum atomic E-state index is -0.573. The molecule has 9 heavy (non-hydrogen) atoms. The van der Waals surface area contributed by atoms with Gasteiger partial charge >= 0.3 is 0 Å². The van der Waals surface area contributed by atoms with Crippen molar-refractivity contribution in [1.82, 2.24) is 0 Å². The van der Waals surface area contributed by atoms with E-state index < -0.39 is 5.60 Å². The van der Waals surface area contributed by atoms with Crippen molar-refractivity contribution in [3.8, 4) is 0 Å². The highest BCUT2D eigenvalue weighted by atomic mass is 79.9. The lowest BCUT2D eigenvalue weighted by atomic mass is 10.0. The lowest BCUT2D eigenvalue weighted by Crippen LogP contribution is -2.30. The van der Waals surface area contributed by atoms with Crippen LogP contribution >= 0.6 is 15.9 Å². The summed E-state index contributed by atoms with van der Waals surface area (Å²) < 4.78 is 0. The van der Waals surface area contributed by atoms with Crippen LogP contribution in [-0.4, -0.2) is 15.5 Å². The first kappa shape index (κ1) is 9.44. The van der Waals surface area contributed by atoms with Crippen LogP contribution in [0.1, 0.15) is 33.6 Å². The topological polar surface area (TPSA) is 20.2 Å². The van der Waals surface area contributed by atoms with Gasteiger partial charge in [0.15, 0.2) is 0 Å². The van der Waals surface area contributed by atoms with Gasteiger partial charge < -0.3 is 5.11 Å². The number of rotatable bonds is 3. The van der Waals surface area contributed by atoms with Crippen LogP contribution in [0.15, 0.2) is 0 Å². The highest BCUT2D eigenvalue weighted by Crippen LogP contribution is 2.21. The van der Waals surface area contributed by atoms with E-state index in [9.17, 15) is 5.11 Å². The highest BCUT2D eigenvalue weighted by Gasteiger charge is 2.22. The smallest absolute Gasteiger partial charge is 0.0716 e. The Labute approximate surface area is 65.6 Å². The molecular weight excluding hydrogens is 180 g/mol. The SMILES string of the molecule is CCCC(Br)C(C)(C)O. The molecule has 1 nitrogen and oxygen atoms in total. The van der Waals surface area contributed by atoms with Gasteiger partial charge in [0.2, 0.25) is 0 Å². The van der Waals surface area contributed by atoms with E-state index in [1.165, 1.54) is 0 Å². The van der Waals surface area contributed by atoms with E-state index in [0.29, 0.717) is 0 Å². The van der Waals surface area contributed by atoms with Crippen LogP contribution in [0.25, 0.3) is 0 Å². The van der Waals surface area contributed by atoms with Gasteiger partial charge in [-0.25, -0.2) is 0 Å². The predicted molar refractivity (Wildman–Crippen MR) is 43.9 cm³/mol. The fourth-order valence-corrected chi connectivity index (χ4v) is 1.06. The average Bonchev–Trinajstić information content (AvgIpc) is 1.64. The molecule has 1 N–H and O–H groups in total. The summed E-state index contributed by atoms with van der Waals surface area (Å²) in [6, 6.07) is 0. The van der Waals surface area contributed by atoms with Crippen LogP contribution in [0.2, 0.25) is 0 Å². The van der Waals surface area contributed by atoms with Gasteiger partial charge in [-0.15, -0.1) is 0 Å². The molecule has 0 aromatic rings. The van der Waals surface area contributed by atoms with Gasteiger partial charge in [-0.3, -0.25) is 0 Å². The van der Waals surface area contributed by atoms with Crippen LogP contribution in [0.3, 0.4) is 0 Å². The zero-order chi connectivity index (χ0) is 7.49. The summed E-state index contributed by atoms with van der Waals surface area (Å²) in [6.45, 7) is 5.75. The largest absolute Gasteiger partial charge is 0.389 e. The van der Waals surface area contributed by atoms with Gasteiger partial charge in [0.05, 0.1) is 5.60 Å². The molecule has 0 saturated carbocycles. The van der Waals surface area contributed by atoms with Crippen molar-refractivity contribution in [2.45, 2.75) is 44.0 Å². The van der Waals surface area contributed by atoms with Gasteiger partial charge in [-0.1, -0.05) is 29.3 Å². The second-order valence-electron chi connectivity index (χ2n) is 2.91. The molecule has 0 radical (unpaired) electrons. The summed E-state index contributed by atoms with van der Waals surface area (Å²) in [5, 5.41) is 9.37. The summed E-state index contributed by atoms with van der Waals surface area (Å²) in [4.78, 5) is 0.231. The zero-order valence-electron chi connectivity index (χ0n) is 6.32. The first-order valence-electron chi connectivity index (χ1n) is 3.35. The quantitative estimate of drug-likeness (QED) is 0.685. The van der Waals surface area contributed by atoms with Crippen LogP contribution in [0.4, 0.5) is 0 Å². The van der Waals surface area contributed by atoms with Crippen molar-refractivity contribution < 1.29 is 5.11 Å². The molecule has 0 rings (SSSR count). The molecule has 1 unspecified atom stereocenters. The van der Waals surface area contributed by atoms with E-state index in [-0.39, 0.29) is 4.83 Å². The third kappa shape index (κ3) is 3.93. The number of halogens is 1. The second-order valence-corrected chi connectivity index (χ2v) is 4.02. The van der Waals surface area contributed by atoms with Crippen molar-refractivity contribution in [1.29, 1.82) is 0 Å². The molecule has 56 valence electrons. The Morgan fingerprint density at radius 1 is 1.56 bits per heavy atom. The molecule has 1 atom stereocenters. The lowest BCUT2D eigenvalue weighted by Gasteiger charge is -2.23. The van der Waals surface area contributed by atoms with E-state index in [4.69, 9.17) is 0 Å². The Balaban J connectivity index is 3.59. The molecule has 0 bridgehead atoms. The van der Waals surface area contributed by atoms with Gasteiger partial charge in [-0.2, -0.15) is 0 Å². The highest BCUT2D eigenvalue weighted by molar-refractivity contribution is 9.09. The van der Waals surface area contributed by atoms with E-state index in [1.54, 1.807) is 0 Å². The molecule has 0 fully saturated rings. The van der Waals surface area contributed by atoms with E-state index in [2.05, 4.69) is 22.9 Å². The van der Waals surface area contributed by atoms with Gasteiger partial charge in [0.25, 0.3) is 0 Å². The maximum Gasteiger partial charge on any atom is 0.0716 e. The van der Waals surface area contributed by atoms with Gasteiger partial charge in [0.1, 0.15) is 0 Å². The Bertz CT molecular complexity index is 75.5. The Morgan fingerprint density at radius 2 is 2.00 bits per heavy atom. The minimum absolute atomic E-state index is 0.231. The molecule has 0 aromatic carbocycles. The molecule has 0 aliphatic rings. The Hall–Kier alpha value is 0.440. The standard InChI is InChI=1S/C7H15BrO/c1-4-5-6(8)7(2,3)9/h6,9H,4-5H2,1-3H3. The predicted octanol–water partition coefficient (Wildman–Crippen LogP) is 2.32. The average molecular weight is 195 g/mol. The van der Waals surface area contributed by atoms with Crippen molar-refractivity contribution in [2.75, 3.05) is 0 Å². The molecular formula is C7H15BrO. The number of alkyl halides is 1. The van der Waals surface area contributed by atoms with Crippen LogP contribution in [0.5, 0.6) is 0 Å². The lowest BCUT2D eigenvalue weighted by molar-refractivity contribution is 0.0771. The molecule has 0 aromatic heterocycles. The molecule has 0 saturated heterocycles. The first-order valence-corrected chi connectivity index (χ1v) is 4.26. The van der Waals surface area contributed by atoms with Crippen molar-refractivity contribution in [3.63, 3.8) is 0 Å². The van der Waals surface area contributed by atoms with E-state index >= 15 is 0 Å². The molecule has 0 spiro atoms. The van der Waals surface area contributed by atoms with Gasteiger partial charge in [0, 0.05) is 4.83 Å². The van der Waals surface area contributed by atoms with Crippen LogP contribution in [0, 0.1) is 0 Å². The molecule has 0 aliphatic heterocycles. The Kier molecular flexibility index (Phi) is 3.74. The van der Waals surface area contributed by atoms with Crippen LogP contribution in [-0.2, 0) is 0 Å². The minimum Gasteiger partial charge on any atom is -0.389 e. The summed E-state index contributed by atoms with van der Waals surface area (Å²) in [6.07, 6.45) is 2.14. The third-order valence-electron chi connectivity index (χ3n) is 1.31. The summed E-state index contributed by atoms with van der Waals surface area (Å²) in [5.74, 6) is 0. The third-order valence-corrected chi connectivity index (χ3v) is 2.89. The van der Waals surface area contributed by atoms with E-state index in [0.717, 1.165) is 12.8 Å². The number of aliphatic hydroxyl groups is 1. The van der Waals surface area contributed by atoms with E-state index in [1.807, 2.05) is 13.8 Å². The fraction of sp³-hybridized carbons (Fsp3) is 1.00. The normalized spacial score (nSPS) is 15.7. The molecule has 0 heterocycles. The summed E-state index contributed by atoms with van der Waals surface area (Å²) in [7, 11) is 0. The zero-order valence-corrected chi connectivity index (χ0v) is 7.90. The van der Waals surface area contributed by atoms with Crippen molar-refractivity contribution in [2.24, 2.45) is 0 Å². The Morgan fingerprint density at radius 3 is 2.11 bits per heavy atom. The molecule has 0 aliphatic carbocycles. The molecule has 0 amide bonds. The monoisotopic (exact) mass is 194 g/mol. The first-order chi connectivity index (χ1) is 3.98. The van der Waals surface area contributed by atoms with Gasteiger partial charge in [-0.05, 0) is 20.3 Å². The number of hydrogen-bond donors (Lipinski definition) is 1. The molecule has 2 heteroatoms. The fourth-order valence-electron chi connectivity index (χ4n) is 0.607. The van der Waals surface area contributed by atoms with Crippen molar-refractivity contribution in [3.05, 3.63) is 0 Å². The van der Waals surface area contributed by atoms with Crippen molar-refractivity contribution >= 4 is 15.9 Å². The van der Waals surface area contributed by atoms with Crippen LogP contribution < -0.4 is 0 Å². The summed E-state index contributed by atoms with van der Waals surface area (Å²) >= 11 is 3.41. The maximum atomic E-state index is 9.37. The number of hydrogen-bond acceptors (Lipinski definition) is 1. The second kappa shape index (κ2) is 3.57. The maximum absolute atomic E-state index is 9.37.